The Balaban J connectivity index is 2.16. The van der Waals surface area contributed by atoms with Crippen LogP contribution in [0.5, 0.6) is 0 Å². The fourth-order valence-electron chi connectivity index (χ4n) is 1.91. The maximum atomic E-state index is 12.2. The summed E-state index contributed by atoms with van der Waals surface area (Å²) in [6.07, 6.45) is 1.60. The Labute approximate surface area is 119 Å². The molecule has 0 bridgehead atoms. The smallest absolute Gasteiger partial charge is 0.255 e. The zero-order chi connectivity index (χ0) is 14.5. The molecule has 104 valence electrons. The van der Waals surface area contributed by atoms with Crippen LogP contribution in [0.3, 0.4) is 0 Å². The molecular formula is C16H19N3O. The highest BCUT2D eigenvalue weighted by Gasteiger charge is 2.08. The second kappa shape index (κ2) is 6.30. The normalized spacial score (nSPS) is 10.6. The maximum Gasteiger partial charge on any atom is 0.255 e. The molecule has 0 unspecified atom stereocenters. The first-order valence-electron chi connectivity index (χ1n) is 6.66. The van der Waals surface area contributed by atoms with E-state index in [-0.39, 0.29) is 5.91 Å². The third-order valence-corrected chi connectivity index (χ3v) is 3.10. The van der Waals surface area contributed by atoms with Crippen molar-refractivity contribution in [3.63, 3.8) is 0 Å². The van der Waals surface area contributed by atoms with Gasteiger partial charge < -0.3 is 11.1 Å². The number of anilines is 1. The molecule has 0 saturated heterocycles. The number of carbonyl (C=O) groups is 1. The van der Waals surface area contributed by atoms with Gasteiger partial charge in [0.1, 0.15) is 0 Å². The van der Waals surface area contributed by atoms with Gasteiger partial charge in [-0.2, -0.15) is 0 Å². The van der Waals surface area contributed by atoms with Gasteiger partial charge in [-0.15, -0.1) is 0 Å². The maximum absolute atomic E-state index is 12.2. The molecule has 4 heteroatoms. The van der Waals surface area contributed by atoms with Crippen LogP contribution < -0.4 is 11.1 Å². The van der Waals surface area contributed by atoms with E-state index in [1.54, 1.807) is 18.3 Å². The summed E-state index contributed by atoms with van der Waals surface area (Å²) < 4.78 is 0. The highest BCUT2D eigenvalue weighted by molar-refractivity contribution is 6.04. The van der Waals surface area contributed by atoms with Crippen LogP contribution in [0.15, 0.2) is 42.6 Å². The summed E-state index contributed by atoms with van der Waals surface area (Å²) in [5, 5.41) is 2.90. The lowest BCUT2D eigenvalue weighted by molar-refractivity contribution is 0.102. The average Bonchev–Trinajstić information content (AvgIpc) is 2.47. The molecule has 1 aromatic heterocycles. The molecule has 2 rings (SSSR count). The predicted molar refractivity (Wildman–Crippen MR) is 80.6 cm³/mol. The lowest BCUT2D eigenvalue weighted by Crippen LogP contribution is -2.13. The van der Waals surface area contributed by atoms with Crippen LogP contribution in [0.1, 0.15) is 41.4 Å². The van der Waals surface area contributed by atoms with E-state index in [0.717, 1.165) is 5.69 Å². The van der Waals surface area contributed by atoms with Crippen molar-refractivity contribution in [1.82, 2.24) is 4.98 Å². The molecule has 0 fully saturated rings. The number of nitrogens with zero attached hydrogens (tertiary/aromatic N) is 1. The van der Waals surface area contributed by atoms with E-state index in [4.69, 9.17) is 5.73 Å². The van der Waals surface area contributed by atoms with Crippen LogP contribution in [-0.2, 0) is 6.54 Å². The van der Waals surface area contributed by atoms with Crippen molar-refractivity contribution in [2.45, 2.75) is 26.3 Å². The van der Waals surface area contributed by atoms with Crippen LogP contribution >= 0.6 is 0 Å². The van der Waals surface area contributed by atoms with Crippen molar-refractivity contribution < 1.29 is 4.79 Å². The molecule has 0 spiro atoms. The molecule has 1 heterocycles. The fourth-order valence-corrected chi connectivity index (χ4v) is 1.91. The second-order valence-electron chi connectivity index (χ2n) is 4.97. The Morgan fingerprint density at radius 3 is 2.80 bits per heavy atom. The Kier molecular flexibility index (Phi) is 4.48. The molecule has 3 N–H and O–H groups in total. The number of pyridine rings is 1. The van der Waals surface area contributed by atoms with Crippen molar-refractivity contribution in [2.24, 2.45) is 5.73 Å². The molecule has 0 radical (unpaired) electrons. The summed E-state index contributed by atoms with van der Waals surface area (Å²) in [6.45, 7) is 4.57. The van der Waals surface area contributed by atoms with E-state index in [2.05, 4.69) is 30.2 Å². The van der Waals surface area contributed by atoms with Crippen molar-refractivity contribution >= 4 is 11.6 Å². The number of amides is 1. The summed E-state index contributed by atoms with van der Waals surface area (Å²) in [5.74, 6) is 0.277. The molecule has 1 amide bonds. The molecule has 0 saturated carbocycles. The van der Waals surface area contributed by atoms with E-state index < -0.39 is 0 Å². The molecule has 4 nitrogen and oxygen atoms in total. The monoisotopic (exact) mass is 269 g/mol. The van der Waals surface area contributed by atoms with Gasteiger partial charge in [-0.3, -0.25) is 9.78 Å². The average molecular weight is 269 g/mol. The molecular weight excluding hydrogens is 250 g/mol. The Hall–Kier alpha value is -2.20. The lowest BCUT2D eigenvalue weighted by atomic mass is 10.0. The van der Waals surface area contributed by atoms with Gasteiger partial charge in [-0.25, -0.2) is 0 Å². The molecule has 0 atom stereocenters. The molecule has 2 aromatic rings. The number of benzene rings is 1. The number of nitrogens with two attached hydrogens (primary N) is 1. The van der Waals surface area contributed by atoms with Gasteiger partial charge in [0.25, 0.3) is 5.91 Å². The minimum Gasteiger partial charge on any atom is -0.325 e. The highest BCUT2D eigenvalue weighted by atomic mass is 16.1. The second-order valence-corrected chi connectivity index (χ2v) is 4.97. The standard InChI is InChI=1S/C16H19N3O/c1-11(2)12-4-3-5-14(8-12)19-16(20)13-6-7-18-15(9-13)10-17/h3-9,11H,10,17H2,1-2H3,(H,19,20). The highest BCUT2D eigenvalue weighted by Crippen LogP contribution is 2.19. The van der Waals surface area contributed by atoms with E-state index in [1.165, 1.54) is 5.56 Å². The summed E-state index contributed by atoms with van der Waals surface area (Å²) in [7, 11) is 0. The predicted octanol–water partition coefficient (Wildman–Crippen LogP) is 2.92. The van der Waals surface area contributed by atoms with E-state index in [9.17, 15) is 4.79 Å². The van der Waals surface area contributed by atoms with Gasteiger partial charge in [0, 0.05) is 24.0 Å². The quantitative estimate of drug-likeness (QED) is 0.896. The first-order valence-corrected chi connectivity index (χ1v) is 6.66. The van der Waals surface area contributed by atoms with Crippen molar-refractivity contribution in [3.05, 3.63) is 59.4 Å². The Bertz CT molecular complexity index is 608. The molecule has 20 heavy (non-hydrogen) atoms. The Morgan fingerprint density at radius 2 is 2.10 bits per heavy atom. The van der Waals surface area contributed by atoms with Crippen LogP contribution in [0, 0.1) is 0 Å². The number of hydrogen-bond acceptors (Lipinski definition) is 3. The topological polar surface area (TPSA) is 68.0 Å². The SMILES string of the molecule is CC(C)c1cccc(NC(=O)c2ccnc(CN)c2)c1. The van der Waals surface area contributed by atoms with Gasteiger partial charge in [-0.1, -0.05) is 26.0 Å². The van der Waals surface area contributed by atoms with Crippen molar-refractivity contribution in [1.29, 1.82) is 0 Å². The van der Waals surface area contributed by atoms with E-state index in [1.807, 2.05) is 18.2 Å². The van der Waals surface area contributed by atoms with E-state index >= 15 is 0 Å². The molecule has 0 aliphatic carbocycles. The van der Waals surface area contributed by atoms with Crippen molar-refractivity contribution in [2.75, 3.05) is 5.32 Å². The molecule has 0 aliphatic rings. The van der Waals surface area contributed by atoms with Crippen LogP contribution in [-0.4, -0.2) is 10.9 Å². The number of rotatable bonds is 4. The third-order valence-electron chi connectivity index (χ3n) is 3.10. The van der Waals surface area contributed by atoms with Gasteiger partial charge in [0.05, 0.1) is 5.69 Å². The van der Waals surface area contributed by atoms with Crippen LogP contribution in [0.25, 0.3) is 0 Å². The molecule has 1 aromatic carbocycles. The van der Waals surface area contributed by atoms with Gasteiger partial charge in [-0.05, 0) is 35.7 Å². The fraction of sp³-hybridized carbons (Fsp3) is 0.250. The largest absolute Gasteiger partial charge is 0.325 e. The third kappa shape index (κ3) is 3.42. The summed E-state index contributed by atoms with van der Waals surface area (Å²) in [6, 6.07) is 11.3. The first-order chi connectivity index (χ1) is 9.60. The number of nitrogens with one attached hydrogen (secondary N) is 1. The van der Waals surface area contributed by atoms with Crippen LogP contribution in [0.4, 0.5) is 5.69 Å². The van der Waals surface area contributed by atoms with E-state index in [0.29, 0.717) is 23.7 Å². The number of carbonyl (C=O) groups excluding carboxylic acids is 1. The summed E-state index contributed by atoms with van der Waals surface area (Å²) >= 11 is 0. The van der Waals surface area contributed by atoms with Crippen LogP contribution in [0.2, 0.25) is 0 Å². The Morgan fingerprint density at radius 1 is 1.30 bits per heavy atom. The minimum absolute atomic E-state index is 0.150. The minimum atomic E-state index is -0.150. The first kappa shape index (κ1) is 14.2. The van der Waals surface area contributed by atoms with Crippen molar-refractivity contribution in [3.8, 4) is 0 Å². The zero-order valence-electron chi connectivity index (χ0n) is 11.8. The number of hydrogen-bond donors (Lipinski definition) is 2. The van der Waals surface area contributed by atoms with Gasteiger partial charge in [0.2, 0.25) is 0 Å². The lowest BCUT2D eigenvalue weighted by Gasteiger charge is -2.10. The van der Waals surface area contributed by atoms with Gasteiger partial charge in [0.15, 0.2) is 0 Å². The number of aromatic nitrogens is 1. The van der Waals surface area contributed by atoms with Gasteiger partial charge >= 0.3 is 0 Å². The molecule has 0 aliphatic heterocycles. The summed E-state index contributed by atoms with van der Waals surface area (Å²) in [5.41, 5.74) is 8.79. The summed E-state index contributed by atoms with van der Waals surface area (Å²) in [4.78, 5) is 16.3. The zero-order valence-corrected chi connectivity index (χ0v) is 11.8.